The Morgan fingerprint density at radius 1 is 1.31 bits per heavy atom. The van der Waals surface area contributed by atoms with Gasteiger partial charge in [-0.15, -0.1) is 6.58 Å². The molecule has 0 bridgehead atoms. The summed E-state index contributed by atoms with van der Waals surface area (Å²) in [7, 11) is 0. The molecule has 0 heterocycles. The van der Waals surface area contributed by atoms with Crippen LogP contribution in [0.3, 0.4) is 0 Å². The number of rotatable bonds is 4. The Balaban J connectivity index is 2.81. The third-order valence-corrected chi connectivity index (χ3v) is 1.88. The summed E-state index contributed by atoms with van der Waals surface area (Å²) >= 11 is 0. The van der Waals surface area contributed by atoms with Crippen LogP contribution in [0.2, 0.25) is 0 Å². The fourth-order valence-electron chi connectivity index (χ4n) is 1.29. The zero-order valence-electron chi connectivity index (χ0n) is 8.03. The molecule has 0 saturated heterocycles. The highest BCUT2D eigenvalue weighted by molar-refractivity contribution is 5.37. The van der Waals surface area contributed by atoms with E-state index in [1.54, 1.807) is 0 Å². The normalized spacial score (nSPS) is 10.9. The summed E-state index contributed by atoms with van der Waals surface area (Å²) in [6.45, 7) is 5.79. The van der Waals surface area contributed by atoms with Gasteiger partial charge in [-0.1, -0.05) is 48.6 Å². The Morgan fingerprint density at radius 2 is 2.00 bits per heavy atom. The maximum absolute atomic E-state index is 3.75. The van der Waals surface area contributed by atoms with Crippen LogP contribution < -0.4 is 0 Å². The van der Waals surface area contributed by atoms with Crippen LogP contribution in [-0.4, -0.2) is 0 Å². The zero-order chi connectivity index (χ0) is 9.52. The average molecular weight is 171 g/mol. The first-order valence-corrected chi connectivity index (χ1v) is 4.53. The van der Waals surface area contributed by atoms with E-state index < -0.39 is 0 Å². The van der Waals surface area contributed by atoms with Crippen molar-refractivity contribution in [2.45, 2.75) is 13.3 Å². The zero-order valence-corrected chi connectivity index (χ0v) is 8.03. The third kappa shape index (κ3) is 2.90. The van der Waals surface area contributed by atoms with Crippen molar-refractivity contribution < 1.29 is 0 Å². The van der Waals surface area contributed by atoms with Crippen LogP contribution in [0.15, 0.2) is 55.1 Å². The van der Waals surface area contributed by atoms with Crippen molar-refractivity contribution in [3.8, 4) is 0 Å². The third-order valence-electron chi connectivity index (χ3n) is 1.88. The first kappa shape index (κ1) is 9.79. The maximum atomic E-state index is 3.75. The first-order valence-electron chi connectivity index (χ1n) is 4.53. The molecule has 1 radical (unpaired) electrons. The highest BCUT2D eigenvalue weighted by atomic mass is 14.1. The lowest BCUT2D eigenvalue weighted by Crippen LogP contribution is -1.93. The van der Waals surface area contributed by atoms with E-state index in [2.05, 4.69) is 43.0 Å². The fraction of sp³-hybridized carbons (Fsp3) is 0.154. The predicted molar refractivity (Wildman–Crippen MR) is 58.4 cm³/mol. The van der Waals surface area contributed by atoms with E-state index in [9.17, 15) is 0 Å². The van der Waals surface area contributed by atoms with Crippen LogP contribution in [0.25, 0.3) is 0 Å². The molecular weight excluding hydrogens is 156 g/mol. The summed E-state index contributed by atoms with van der Waals surface area (Å²) < 4.78 is 0. The first-order chi connectivity index (χ1) is 6.38. The van der Waals surface area contributed by atoms with Gasteiger partial charge in [0.05, 0.1) is 0 Å². The van der Waals surface area contributed by atoms with Gasteiger partial charge in [0.1, 0.15) is 0 Å². The molecule has 0 nitrogen and oxygen atoms in total. The van der Waals surface area contributed by atoms with Crippen LogP contribution in [0.4, 0.5) is 0 Å². The van der Waals surface area contributed by atoms with E-state index in [-0.39, 0.29) is 0 Å². The monoisotopic (exact) mass is 171 g/mol. The summed E-state index contributed by atoms with van der Waals surface area (Å²) in [6, 6.07) is 10.4. The minimum atomic E-state index is 0.925. The van der Waals surface area contributed by atoms with E-state index >= 15 is 0 Å². The molecule has 0 saturated carbocycles. The number of hydrogen-bond donors (Lipinski definition) is 0. The number of hydrogen-bond acceptors (Lipinski definition) is 0. The van der Waals surface area contributed by atoms with Gasteiger partial charge in [-0.3, -0.25) is 0 Å². The molecule has 0 amide bonds. The SMILES string of the molecule is C=CC[C](C=CC)c1ccccc1. The van der Waals surface area contributed by atoms with E-state index in [0.717, 1.165) is 6.42 Å². The quantitative estimate of drug-likeness (QED) is 0.605. The van der Waals surface area contributed by atoms with E-state index in [0.29, 0.717) is 0 Å². The van der Waals surface area contributed by atoms with Gasteiger partial charge in [-0.25, -0.2) is 0 Å². The summed E-state index contributed by atoms with van der Waals surface area (Å²) in [5.41, 5.74) is 1.28. The lowest BCUT2D eigenvalue weighted by Gasteiger charge is -2.08. The smallest absolute Gasteiger partial charge is 0.0301 e. The van der Waals surface area contributed by atoms with Crippen molar-refractivity contribution >= 4 is 0 Å². The number of benzene rings is 1. The highest BCUT2D eigenvalue weighted by Gasteiger charge is 2.04. The molecular formula is C13H15. The molecule has 0 aromatic heterocycles. The van der Waals surface area contributed by atoms with Gasteiger partial charge >= 0.3 is 0 Å². The Bertz CT molecular complexity index is 269. The van der Waals surface area contributed by atoms with Crippen molar-refractivity contribution in [1.82, 2.24) is 0 Å². The average Bonchev–Trinajstić information content (AvgIpc) is 2.19. The summed E-state index contributed by atoms with van der Waals surface area (Å²) in [5.74, 6) is 1.32. The van der Waals surface area contributed by atoms with Gasteiger partial charge < -0.3 is 0 Å². The molecule has 1 aromatic rings. The fourth-order valence-corrected chi connectivity index (χ4v) is 1.29. The summed E-state index contributed by atoms with van der Waals surface area (Å²) in [4.78, 5) is 0. The topological polar surface area (TPSA) is 0 Å². The standard InChI is InChI=1S/C13H15/c1-3-8-12(9-4-2)13-10-6-5-7-11-13/h3-7,9-11H,1,8H2,2H3. The summed E-state index contributed by atoms with van der Waals surface area (Å²) in [6.07, 6.45) is 7.06. The van der Waals surface area contributed by atoms with Gasteiger partial charge in [0.15, 0.2) is 0 Å². The Hall–Kier alpha value is -1.30. The van der Waals surface area contributed by atoms with Crippen LogP contribution in [0.5, 0.6) is 0 Å². The van der Waals surface area contributed by atoms with E-state index in [1.165, 1.54) is 11.5 Å². The second-order valence-electron chi connectivity index (χ2n) is 2.88. The molecule has 0 aliphatic rings. The second kappa shape index (κ2) is 5.36. The molecule has 1 rings (SSSR count). The molecule has 0 aliphatic heterocycles. The Morgan fingerprint density at radius 3 is 2.54 bits per heavy atom. The Labute approximate surface area is 80.6 Å². The van der Waals surface area contributed by atoms with Crippen LogP contribution in [0, 0.1) is 5.92 Å². The van der Waals surface area contributed by atoms with Crippen molar-refractivity contribution in [2.75, 3.05) is 0 Å². The predicted octanol–water partition coefficient (Wildman–Crippen LogP) is 3.76. The highest BCUT2D eigenvalue weighted by Crippen LogP contribution is 2.19. The minimum Gasteiger partial charge on any atom is -0.103 e. The molecule has 0 spiro atoms. The van der Waals surface area contributed by atoms with Gasteiger partial charge in [0.25, 0.3) is 0 Å². The largest absolute Gasteiger partial charge is 0.103 e. The maximum Gasteiger partial charge on any atom is 0.0301 e. The van der Waals surface area contributed by atoms with Gasteiger partial charge in [0.2, 0.25) is 0 Å². The molecule has 0 atom stereocenters. The summed E-state index contributed by atoms with van der Waals surface area (Å²) in [5, 5.41) is 0. The number of allylic oxidation sites excluding steroid dienone is 3. The second-order valence-corrected chi connectivity index (χ2v) is 2.88. The van der Waals surface area contributed by atoms with Gasteiger partial charge in [0, 0.05) is 5.92 Å². The van der Waals surface area contributed by atoms with E-state index in [1.807, 2.05) is 19.1 Å². The molecule has 1 aromatic carbocycles. The van der Waals surface area contributed by atoms with Crippen molar-refractivity contribution in [3.05, 3.63) is 66.6 Å². The molecule has 0 unspecified atom stereocenters. The van der Waals surface area contributed by atoms with Gasteiger partial charge in [-0.2, -0.15) is 0 Å². The van der Waals surface area contributed by atoms with Crippen molar-refractivity contribution in [1.29, 1.82) is 0 Å². The lowest BCUT2D eigenvalue weighted by atomic mass is 9.95. The van der Waals surface area contributed by atoms with Crippen molar-refractivity contribution in [3.63, 3.8) is 0 Å². The van der Waals surface area contributed by atoms with Gasteiger partial charge in [-0.05, 0) is 18.9 Å². The van der Waals surface area contributed by atoms with Crippen LogP contribution in [-0.2, 0) is 0 Å². The molecule has 0 aliphatic carbocycles. The van der Waals surface area contributed by atoms with Crippen molar-refractivity contribution in [2.24, 2.45) is 0 Å². The lowest BCUT2D eigenvalue weighted by molar-refractivity contribution is 1.11. The van der Waals surface area contributed by atoms with Crippen LogP contribution in [0.1, 0.15) is 18.9 Å². The molecule has 67 valence electrons. The molecule has 0 heteroatoms. The van der Waals surface area contributed by atoms with E-state index in [4.69, 9.17) is 0 Å². The Kier molecular flexibility index (Phi) is 4.04. The molecule has 0 fully saturated rings. The molecule has 0 N–H and O–H groups in total. The van der Waals surface area contributed by atoms with Crippen LogP contribution >= 0.6 is 0 Å². The minimum absolute atomic E-state index is 0.925. The molecule has 13 heavy (non-hydrogen) atoms.